The molecule has 2 aliphatic rings. The van der Waals surface area contributed by atoms with Gasteiger partial charge in [-0.05, 0) is 62.2 Å². The maximum absolute atomic E-state index is 6.43. The first-order valence-corrected chi connectivity index (χ1v) is 10.1. The lowest BCUT2D eigenvalue weighted by Crippen LogP contribution is -2.53. The fraction of sp³-hybridized carbons (Fsp3) is 0.125. The van der Waals surface area contributed by atoms with Crippen LogP contribution in [0.3, 0.4) is 0 Å². The summed E-state index contributed by atoms with van der Waals surface area (Å²) in [5.41, 5.74) is 7.93. The van der Waals surface area contributed by atoms with Crippen LogP contribution in [0.2, 0.25) is 0 Å². The summed E-state index contributed by atoms with van der Waals surface area (Å²) in [4.78, 5) is 4.83. The SMILES string of the molecule is Cc1cc2c3c(c1)Oc1nc4c(C)cccc4n1B3c1oc3ccc(C)cc3c1O2. The zero-order valence-electron chi connectivity index (χ0n) is 16.8. The molecule has 0 radical (unpaired) electrons. The molecule has 2 aromatic heterocycles. The van der Waals surface area contributed by atoms with Crippen LogP contribution in [-0.4, -0.2) is 16.3 Å². The second-order valence-electron chi connectivity index (χ2n) is 8.28. The van der Waals surface area contributed by atoms with Crippen molar-refractivity contribution in [2.75, 3.05) is 0 Å². The molecule has 30 heavy (non-hydrogen) atoms. The third-order valence-electron chi connectivity index (χ3n) is 6.15. The van der Waals surface area contributed by atoms with Crippen molar-refractivity contribution in [3.8, 4) is 23.3 Å². The van der Waals surface area contributed by atoms with Gasteiger partial charge in [-0.3, -0.25) is 0 Å². The van der Waals surface area contributed by atoms with E-state index in [-0.39, 0.29) is 6.85 Å². The Balaban J connectivity index is 1.63. The molecule has 0 amide bonds. The van der Waals surface area contributed by atoms with Crippen molar-refractivity contribution in [3.63, 3.8) is 0 Å². The highest BCUT2D eigenvalue weighted by Crippen LogP contribution is 2.41. The standard InChI is InChI=1S/C24H17BN2O3/c1-12-7-8-17-15(9-12)22-23(29-17)25-20-18(28-22)10-13(2)11-19(20)30-24-26-21-14(3)5-4-6-16(21)27(24)25/h4-11H,1-3H3. The molecule has 6 heteroatoms. The molecular weight excluding hydrogens is 375 g/mol. The number of aryl methyl sites for hydroxylation is 3. The third-order valence-corrected chi connectivity index (χ3v) is 6.15. The van der Waals surface area contributed by atoms with Gasteiger partial charge in [0.2, 0.25) is 0 Å². The Labute approximate surface area is 172 Å². The monoisotopic (exact) mass is 392 g/mol. The first-order chi connectivity index (χ1) is 14.6. The minimum Gasteiger partial charge on any atom is -0.464 e. The van der Waals surface area contributed by atoms with E-state index >= 15 is 0 Å². The maximum Gasteiger partial charge on any atom is 0.386 e. The number of nitrogens with zero attached hydrogens (tertiary/aromatic N) is 2. The second kappa shape index (κ2) is 5.27. The Morgan fingerprint density at radius 3 is 2.60 bits per heavy atom. The largest absolute Gasteiger partial charge is 0.464 e. The number of hydrogen-bond donors (Lipinski definition) is 0. The second-order valence-corrected chi connectivity index (χ2v) is 8.28. The van der Waals surface area contributed by atoms with Gasteiger partial charge in [-0.2, -0.15) is 4.98 Å². The Morgan fingerprint density at radius 1 is 0.900 bits per heavy atom. The van der Waals surface area contributed by atoms with Crippen molar-refractivity contribution < 1.29 is 13.9 Å². The number of para-hydroxylation sites is 1. The average molecular weight is 392 g/mol. The highest BCUT2D eigenvalue weighted by atomic mass is 16.5. The number of furan rings is 1. The molecule has 2 aliphatic heterocycles. The van der Waals surface area contributed by atoms with Crippen LogP contribution in [0.5, 0.6) is 23.3 Å². The molecule has 0 saturated heterocycles. The fourth-order valence-corrected chi connectivity index (χ4v) is 4.81. The fourth-order valence-electron chi connectivity index (χ4n) is 4.81. The van der Waals surface area contributed by atoms with E-state index in [1.54, 1.807) is 0 Å². The van der Waals surface area contributed by atoms with Crippen LogP contribution in [0, 0.1) is 20.8 Å². The highest BCUT2D eigenvalue weighted by molar-refractivity contribution is 6.86. The van der Waals surface area contributed by atoms with Gasteiger partial charge in [0.15, 0.2) is 5.75 Å². The minimum absolute atomic E-state index is 0.192. The Kier molecular flexibility index (Phi) is 2.84. The predicted molar refractivity (Wildman–Crippen MR) is 117 cm³/mol. The molecule has 0 saturated carbocycles. The zero-order chi connectivity index (χ0) is 20.1. The molecule has 0 fully saturated rings. The van der Waals surface area contributed by atoms with Gasteiger partial charge in [0.1, 0.15) is 22.7 Å². The molecule has 144 valence electrons. The normalized spacial score (nSPS) is 13.6. The number of aromatic nitrogens is 2. The summed E-state index contributed by atoms with van der Waals surface area (Å²) in [6.07, 6.45) is 0. The van der Waals surface area contributed by atoms with E-state index in [0.29, 0.717) is 6.01 Å². The summed E-state index contributed by atoms with van der Waals surface area (Å²) in [5.74, 6) is 2.37. The van der Waals surface area contributed by atoms with Crippen LogP contribution in [0.4, 0.5) is 0 Å². The number of fused-ring (bicyclic) bond motifs is 8. The quantitative estimate of drug-likeness (QED) is 0.355. The average Bonchev–Trinajstić information content (AvgIpc) is 3.26. The first kappa shape index (κ1) is 16.2. The number of benzene rings is 3. The molecule has 0 aliphatic carbocycles. The Morgan fingerprint density at radius 2 is 1.73 bits per heavy atom. The highest BCUT2D eigenvalue weighted by Gasteiger charge is 2.46. The van der Waals surface area contributed by atoms with Gasteiger partial charge in [0, 0.05) is 5.46 Å². The van der Waals surface area contributed by atoms with Crippen LogP contribution in [0.25, 0.3) is 22.0 Å². The van der Waals surface area contributed by atoms with E-state index in [1.807, 2.05) is 19.1 Å². The molecule has 0 unspecified atom stereocenters. The third kappa shape index (κ3) is 1.91. The molecule has 0 bridgehead atoms. The molecule has 5 aromatic rings. The van der Waals surface area contributed by atoms with Gasteiger partial charge in [0.05, 0.1) is 16.4 Å². The first-order valence-electron chi connectivity index (χ1n) is 10.1. The lowest BCUT2D eigenvalue weighted by Gasteiger charge is -2.30. The van der Waals surface area contributed by atoms with E-state index in [4.69, 9.17) is 18.9 Å². The lowest BCUT2D eigenvalue weighted by atomic mass is 9.51. The van der Waals surface area contributed by atoms with E-state index < -0.39 is 0 Å². The summed E-state index contributed by atoms with van der Waals surface area (Å²) in [5, 5.41) is 0.993. The molecule has 4 heterocycles. The van der Waals surface area contributed by atoms with Crippen molar-refractivity contribution in [3.05, 3.63) is 65.2 Å². The Hall–Kier alpha value is -3.67. The summed E-state index contributed by atoms with van der Waals surface area (Å²) < 4.78 is 21.3. The molecule has 0 spiro atoms. The lowest BCUT2D eigenvalue weighted by molar-refractivity contribution is 0.426. The summed E-state index contributed by atoms with van der Waals surface area (Å²) in [6.45, 7) is 6.01. The van der Waals surface area contributed by atoms with Crippen LogP contribution >= 0.6 is 0 Å². The van der Waals surface area contributed by atoms with Crippen molar-refractivity contribution in [2.24, 2.45) is 0 Å². The van der Waals surface area contributed by atoms with E-state index in [0.717, 1.165) is 61.5 Å². The number of ether oxygens (including phenoxy) is 2. The van der Waals surface area contributed by atoms with Gasteiger partial charge < -0.3 is 18.4 Å². The summed E-state index contributed by atoms with van der Waals surface area (Å²) in [7, 11) is 0. The predicted octanol–water partition coefficient (Wildman–Crippen LogP) is 4.57. The molecule has 0 N–H and O–H groups in total. The van der Waals surface area contributed by atoms with Gasteiger partial charge in [-0.15, -0.1) is 0 Å². The van der Waals surface area contributed by atoms with Crippen LogP contribution in [0.1, 0.15) is 16.7 Å². The van der Waals surface area contributed by atoms with Crippen molar-refractivity contribution in [2.45, 2.75) is 20.8 Å². The van der Waals surface area contributed by atoms with Crippen LogP contribution < -0.4 is 20.6 Å². The van der Waals surface area contributed by atoms with Crippen molar-refractivity contribution in [1.29, 1.82) is 0 Å². The van der Waals surface area contributed by atoms with Gasteiger partial charge in [-0.1, -0.05) is 23.8 Å². The topological polar surface area (TPSA) is 49.4 Å². The molecule has 0 atom stereocenters. The van der Waals surface area contributed by atoms with Crippen LogP contribution in [0.15, 0.2) is 52.9 Å². The molecule has 5 nitrogen and oxygen atoms in total. The summed E-state index contributed by atoms with van der Waals surface area (Å²) in [6, 6.07) is 17.1. The molecular formula is C24H17BN2O3. The van der Waals surface area contributed by atoms with Gasteiger partial charge in [-0.25, -0.2) is 0 Å². The molecule has 7 rings (SSSR count). The van der Waals surface area contributed by atoms with Gasteiger partial charge >= 0.3 is 6.85 Å². The van der Waals surface area contributed by atoms with Gasteiger partial charge in [0.25, 0.3) is 6.01 Å². The van der Waals surface area contributed by atoms with Crippen molar-refractivity contribution >= 4 is 40.0 Å². The van der Waals surface area contributed by atoms with Crippen LogP contribution in [-0.2, 0) is 0 Å². The molecule has 3 aromatic carbocycles. The smallest absolute Gasteiger partial charge is 0.386 e. The van der Waals surface area contributed by atoms with Crippen molar-refractivity contribution in [1.82, 2.24) is 9.46 Å². The van der Waals surface area contributed by atoms with E-state index in [2.05, 4.69) is 54.7 Å². The minimum atomic E-state index is -0.192. The zero-order valence-corrected chi connectivity index (χ0v) is 16.8. The number of imidazole rings is 1. The number of hydrogen-bond acceptors (Lipinski definition) is 4. The summed E-state index contributed by atoms with van der Waals surface area (Å²) >= 11 is 0. The maximum atomic E-state index is 6.43. The Bertz CT molecular complexity index is 1550. The number of rotatable bonds is 0. The van der Waals surface area contributed by atoms with E-state index in [9.17, 15) is 0 Å². The van der Waals surface area contributed by atoms with E-state index in [1.165, 1.54) is 5.56 Å².